The van der Waals surface area contributed by atoms with Gasteiger partial charge in [0.2, 0.25) is 0 Å². The van der Waals surface area contributed by atoms with Gasteiger partial charge < -0.3 is 4.42 Å². The Morgan fingerprint density at radius 3 is 2.77 bits per heavy atom. The summed E-state index contributed by atoms with van der Waals surface area (Å²) in [5.74, 6) is 0.502. The van der Waals surface area contributed by atoms with Gasteiger partial charge in [-0.1, -0.05) is 39.8 Å². The molecule has 0 atom stereocenters. The van der Waals surface area contributed by atoms with Gasteiger partial charge in [-0.15, -0.1) is 0 Å². The third kappa shape index (κ3) is 3.08. The minimum absolute atomic E-state index is 0.0838. The number of hydrogen-bond donors (Lipinski definition) is 0. The van der Waals surface area contributed by atoms with Crippen molar-refractivity contribution in [3.05, 3.63) is 79.3 Å². The highest BCUT2D eigenvalue weighted by molar-refractivity contribution is 9.10. The van der Waals surface area contributed by atoms with Gasteiger partial charge in [0.1, 0.15) is 5.58 Å². The van der Waals surface area contributed by atoms with Gasteiger partial charge in [0.25, 0.3) is 5.56 Å². The molecule has 4 aromatic rings. The molecule has 0 saturated heterocycles. The van der Waals surface area contributed by atoms with Gasteiger partial charge in [0.15, 0.2) is 5.16 Å². The van der Waals surface area contributed by atoms with Gasteiger partial charge in [-0.3, -0.25) is 9.36 Å². The van der Waals surface area contributed by atoms with Crippen LogP contribution in [0.1, 0.15) is 5.56 Å². The lowest BCUT2D eigenvalue weighted by atomic mass is 10.1. The molecule has 0 bridgehead atoms. The number of hydrogen-bond acceptors (Lipinski definition) is 5. The molecule has 2 aromatic heterocycles. The molecule has 0 aliphatic rings. The van der Waals surface area contributed by atoms with Crippen molar-refractivity contribution in [2.75, 3.05) is 0 Å². The van der Waals surface area contributed by atoms with E-state index < -0.39 is 5.63 Å². The maximum Gasteiger partial charge on any atom is 0.336 e. The number of nitrogens with zero attached hydrogens (tertiary/aromatic N) is 2. The first kappa shape index (κ1) is 17.1. The Morgan fingerprint density at radius 1 is 1.12 bits per heavy atom. The molecule has 0 amide bonds. The maximum atomic E-state index is 12.5. The van der Waals surface area contributed by atoms with E-state index in [1.165, 1.54) is 22.4 Å². The van der Waals surface area contributed by atoms with Crippen LogP contribution in [-0.4, -0.2) is 9.55 Å². The van der Waals surface area contributed by atoms with Crippen LogP contribution in [0.5, 0.6) is 0 Å². The first-order valence-corrected chi connectivity index (χ1v) is 9.61. The summed E-state index contributed by atoms with van der Waals surface area (Å²) in [6, 6.07) is 14.4. The van der Waals surface area contributed by atoms with Crippen LogP contribution in [0.3, 0.4) is 0 Å². The van der Waals surface area contributed by atoms with Crippen LogP contribution in [0.2, 0.25) is 0 Å². The number of fused-ring (bicyclic) bond motifs is 2. The van der Waals surface area contributed by atoms with Crippen molar-refractivity contribution in [3.8, 4) is 0 Å². The molecule has 2 aromatic carbocycles. The van der Waals surface area contributed by atoms with Crippen molar-refractivity contribution in [1.29, 1.82) is 0 Å². The van der Waals surface area contributed by atoms with Crippen molar-refractivity contribution in [1.82, 2.24) is 9.55 Å². The number of para-hydroxylation sites is 1. The molecular weight excluding hydrogens is 416 g/mol. The van der Waals surface area contributed by atoms with Gasteiger partial charge >= 0.3 is 5.63 Å². The second-order valence-electron chi connectivity index (χ2n) is 5.80. The molecule has 0 saturated carbocycles. The first-order valence-electron chi connectivity index (χ1n) is 7.84. The lowest BCUT2D eigenvalue weighted by Crippen LogP contribution is -2.19. The Hall–Kier alpha value is -2.38. The van der Waals surface area contributed by atoms with Crippen LogP contribution in [0, 0.1) is 0 Å². The lowest BCUT2D eigenvalue weighted by Gasteiger charge is -2.09. The Morgan fingerprint density at radius 2 is 1.92 bits per heavy atom. The number of halogens is 1. The van der Waals surface area contributed by atoms with Crippen LogP contribution >= 0.6 is 27.7 Å². The number of benzene rings is 2. The molecule has 26 heavy (non-hydrogen) atoms. The van der Waals surface area contributed by atoms with E-state index >= 15 is 0 Å². The van der Waals surface area contributed by atoms with Crippen molar-refractivity contribution in [2.24, 2.45) is 7.05 Å². The smallest absolute Gasteiger partial charge is 0.336 e. The van der Waals surface area contributed by atoms with E-state index in [-0.39, 0.29) is 5.56 Å². The van der Waals surface area contributed by atoms with E-state index in [1.807, 2.05) is 30.3 Å². The summed E-state index contributed by atoms with van der Waals surface area (Å²) in [6.45, 7) is 0. The lowest BCUT2D eigenvalue weighted by molar-refractivity contribution is 0.559. The van der Waals surface area contributed by atoms with Crippen molar-refractivity contribution >= 4 is 49.6 Å². The molecule has 7 heteroatoms. The largest absolute Gasteiger partial charge is 0.423 e. The fraction of sp³-hybridized carbons (Fsp3) is 0.105. The average molecular weight is 429 g/mol. The Kier molecular flexibility index (Phi) is 4.42. The van der Waals surface area contributed by atoms with E-state index in [0.29, 0.717) is 27.4 Å². The Balaban J connectivity index is 1.75. The Labute approximate surface area is 160 Å². The fourth-order valence-electron chi connectivity index (χ4n) is 2.79. The number of thioether (sulfide) groups is 1. The SMILES string of the molecule is Cn1c(SCc2cc(=O)oc3cc(Br)ccc23)nc2ccccc2c1=O. The zero-order valence-electron chi connectivity index (χ0n) is 13.7. The van der Waals surface area contributed by atoms with Crippen molar-refractivity contribution < 1.29 is 4.42 Å². The van der Waals surface area contributed by atoms with Crippen molar-refractivity contribution in [2.45, 2.75) is 10.9 Å². The molecule has 5 nitrogen and oxygen atoms in total. The summed E-state index contributed by atoms with van der Waals surface area (Å²) < 4.78 is 7.65. The van der Waals surface area contributed by atoms with E-state index in [9.17, 15) is 9.59 Å². The second kappa shape index (κ2) is 6.74. The minimum Gasteiger partial charge on any atom is -0.423 e. The minimum atomic E-state index is -0.397. The molecule has 0 fully saturated rings. The zero-order chi connectivity index (χ0) is 18.3. The highest BCUT2D eigenvalue weighted by Crippen LogP contribution is 2.27. The first-order chi connectivity index (χ1) is 12.5. The van der Waals surface area contributed by atoms with Crippen LogP contribution in [0.4, 0.5) is 0 Å². The molecule has 0 N–H and O–H groups in total. The van der Waals surface area contributed by atoms with Gasteiger partial charge in [0.05, 0.1) is 10.9 Å². The van der Waals surface area contributed by atoms with Gasteiger partial charge in [-0.2, -0.15) is 0 Å². The average Bonchev–Trinajstić information content (AvgIpc) is 2.62. The summed E-state index contributed by atoms with van der Waals surface area (Å²) in [5.41, 5.74) is 1.56. The molecule has 0 radical (unpaired) electrons. The summed E-state index contributed by atoms with van der Waals surface area (Å²) in [4.78, 5) is 28.9. The van der Waals surface area contributed by atoms with Gasteiger partial charge in [0, 0.05) is 28.7 Å². The fourth-order valence-corrected chi connectivity index (χ4v) is 4.10. The van der Waals surface area contributed by atoms with Gasteiger partial charge in [-0.25, -0.2) is 9.78 Å². The van der Waals surface area contributed by atoms with E-state index in [0.717, 1.165) is 15.4 Å². The molecule has 0 aliphatic heterocycles. The standard InChI is InChI=1S/C19H13BrN2O3S/c1-22-18(24)14-4-2-3-5-15(14)21-19(22)26-10-11-8-17(23)25-16-9-12(20)6-7-13(11)16/h2-9H,10H2,1H3. The van der Waals surface area contributed by atoms with Crippen molar-refractivity contribution in [3.63, 3.8) is 0 Å². The number of aromatic nitrogens is 2. The molecule has 4 rings (SSSR count). The third-order valence-electron chi connectivity index (χ3n) is 4.09. The molecule has 0 aliphatic carbocycles. The van der Waals surface area contributed by atoms with E-state index in [4.69, 9.17) is 4.42 Å². The normalized spacial score (nSPS) is 11.3. The van der Waals surface area contributed by atoms with Crippen LogP contribution in [0.15, 0.2) is 72.2 Å². The molecule has 2 heterocycles. The molecule has 0 spiro atoms. The van der Waals surface area contributed by atoms with Crippen LogP contribution in [-0.2, 0) is 12.8 Å². The Bertz CT molecular complexity index is 1260. The zero-order valence-corrected chi connectivity index (χ0v) is 16.1. The maximum absolute atomic E-state index is 12.5. The summed E-state index contributed by atoms with van der Waals surface area (Å²) in [5, 5.41) is 2.06. The summed E-state index contributed by atoms with van der Waals surface area (Å²) in [7, 11) is 1.71. The summed E-state index contributed by atoms with van der Waals surface area (Å²) >= 11 is 4.80. The third-order valence-corrected chi connectivity index (χ3v) is 5.66. The molecular formula is C19H13BrN2O3S. The number of rotatable bonds is 3. The van der Waals surface area contributed by atoms with Crippen LogP contribution in [0.25, 0.3) is 21.9 Å². The van der Waals surface area contributed by atoms with E-state index in [2.05, 4.69) is 20.9 Å². The predicted octanol–water partition coefficient (Wildman–Crippen LogP) is 4.09. The van der Waals surface area contributed by atoms with Gasteiger partial charge in [-0.05, 0) is 35.9 Å². The highest BCUT2D eigenvalue weighted by atomic mass is 79.9. The van der Waals surface area contributed by atoms with Crippen LogP contribution < -0.4 is 11.2 Å². The topological polar surface area (TPSA) is 65.1 Å². The monoisotopic (exact) mass is 428 g/mol. The van der Waals surface area contributed by atoms with E-state index in [1.54, 1.807) is 19.2 Å². The predicted molar refractivity (Wildman–Crippen MR) is 107 cm³/mol. The quantitative estimate of drug-likeness (QED) is 0.279. The second-order valence-corrected chi connectivity index (χ2v) is 7.65. The summed E-state index contributed by atoms with van der Waals surface area (Å²) in [6.07, 6.45) is 0. The molecule has 130 valence electrons. The molecule has 0 unspecified atom stereocenters. The highest BCUT2D eigenvalue weighted by Gasteiger charge is 2.11.